The molecule has 5 heteroatoms. The molecule has 1 atom stereocenters. The number of alkyl carbamates (subject to hydrolysis) is 1. The Kier molecular flexibility index (Phi) is 5.86. The molecule has 2 aromatic carbocycles. The second kappa shape index (κ2) is 8.08. The van der Waals surface area contributed by atoms with Gasteiger partial charge in [-0.05, 0) is 36.6 Å². The molecule has 0 aliphatic rings. The number of carbonyl (C=O) groups is 1. The second-order valence-electron chi connectivity index (χ2n) is 5.32. The molecule has 0 spiro atoms. The quantitative estimate of drug-likeness (QED) is 0.858. The summed E-state index contributed by atoms with van der Waals surface area (Å²) >= 11 is 0. The molecule has 0 heterocycles. The smallest absolute Gasteiger partial charge is 0.407 e. The van der Waals surface area contributed by atoms with Crippen molar-refractivity contribution in [2.75, 3.05) is 7.11 Å². The molecule has 0 fully saturated rings. The van der Waals surface area contributed by atoms with Crippen LogP contribution in [-0.2, 0) is 17.8 Å². The minimum Gasteiger partial charge on any atom is -0.504 e. The van der Waals surface area contributed by atoms with Crippen molar-refractivity contribution in [2.24, 2.45) is 0 Å². The molecule has 5 nitrogen and oxygen atoms in total. The number of ether oxygens (including phenoxy) is 2. The maximum absolute atomic E-state index is 11.8. The average molecular weight is 315 g/mol. The number of nitrogens with one attached hydrogen (secondary N) is 1. The van der Waals surface area contributed by atoms with Gasteiger partial charge in [0.2, 0.25) is 0 Å². The van der Waals surface area contributed by atoms with E-state index in [1.165, 1.54) is 7.11 Å². The predicted molar refractivity (Wildman–Crippen MR) is 87.6 cm³/mol. The predicted octanol–water partition coefficient (Wildman–Crippen LogP) is 3.26. The number of methoxy groups -OCH3 is 1. The zero-order valence-corrected chi connectivity index (χ0v) is 13.3. The molecular formula is C18H21NO4. The summed E-state index contributed by atoms with van der Waals surface area (Å²) in [4.78, 5) is 11.8. The summed E-state index contributed by atoms with van der Waals surface area (Å²) in [6, 6.07) is 14.6. The zero-order valence-electron chi connectivity index (χ0n) is 13.3. The van der Waals surface area contributed by atoms with Crippen LogP contribution in [0, 0.1) is 0 Å². The largest absolute Gasteiger partial charge is 0.504 e. The number of hydrogen-bond donors (Lipinski definition) is 2. The average Bonchev–Trinajstić information content (AvgIpc) is 2.54. The molecule has 2 N–H and O–H groups in total. The summed E-state index contributed by atoms with van der Waals surface area (Å²) < 4.78 is 10.2. The van der Waals surface area contributed by atoms with E-state index in [4.69, 9.17) is 9.47 Å². The molecular weight excluding hydrogens is 294 g/mol. The maximum atomic E-state index is 11.8. The SMILES string of the molecule is COc1ccc(CC(C)NC(=O)OCc2ccccc2)cc1O. The van der Waals surface area contributed by atoms with Gasteiger partial charge in [0.05, 0.1) is 7.11 Å². The third-order valence-electron chi connectivity index (χ3n) is 3.36. The molecule has 0 bridgehead atoms. The highest BCUT2D eigenvalue weighted by Gasteiger charge is 2.11. The minimum atomic E-state index is -0.459. The van der Waals surface area contributed by atoms with Crippen molar-refractivity contribution in [3.8, 4) is 11.5 Å². The molecule has 122 valence electrons. The lowest BCUT2D eigenvalue weighted by molar-refractivity contribution is 0.136. The van der Waals surface area contributed by atoms with Crippen molar-refractivity contribution < 1.29 is 19.4 Å². The molecule has 0 radical (unpaired) electrons. The third kappa shape index (κ3) is 5.21. The number of benzene rings is 2. The van der Waals surface area contributed by atoms with E-state index < -0.39 is 6.09 Å². The van der Waals surface area contributed by atoms with Gasteiger partial charge in [0.1, 0.15) is 6.61 Å². The Morgan fingerprint density at radius 1 is 1.17 bits per heavy atom. The van der Waals surface area contributed by atoms with Gasteiger partial charge in [-0.1, -0.05) is 36.4 Å². The van der Waals surface area contributed by atoms with Crippen LogP contribution in [-0.4, -0.2) is 24.4 Å². The molecule has 23 heavy (non-hydrogen) atoms. The summed E-state index contributed by atoms with van der Waals surface area (Å²) in [5, 5.41) is 12.5. The third-order valence-corrected chi connectivity index (χ3v) is 3.36. The molecule has 1 unspecified atom stereocenters. The van der Waals surface area contributed by atoms with Crippen LogP contribution in [0.5, 0.6) is 11.5 Å². The normalized spacial score (nSPS) is 11.6. The van der Waals surface area contributed by atoms with Crippen molar-refractivity contribution >= 4 is 6.09 Å². The molecule has 0 aliphatic carbocycles. The Morgan fingerprint density at radius 3 is 2.57 bits per heavy atom. The van der Waals surface area contributed by atoms with Gasteiger partial charge in [0, 0.05) is 6.04 Å². The van der Waals surface area contributed by atoms with Gasteiger partial charge in [0.25, 0.3) is 0 Å². The van der Waals surface area contributed by atoms with Crippen molar-refractivity contribution in [1.29, 1.82) is 0 Å². The number of rotatable bonds is 6. The van der Waals surface area contributed by atoms with Crippen molar-refractivity contribution in [3.63, 3.8) is 0 Å². The van der Waals surface area contributed by atoms with E-state index in [0.717, 1.165) is 11.1 Å². The van der Waals surface area contributed by atoms with Crippen LogP contribution in [0.4, 0.5) is 4.79 Å². The van der Waals surface area contributed by atoms with Crippen LogP contribution in [0.15, 0.2) is 48.5 Å². The highest BCUT2D eigenvalue weighted by atomic mass is 16.5. The summed E-state index contributed by atoms with van der Waals surface area (Å²) in [5.41, 5.74) is 1.84. The first-order valence-corrected chi connectivity index (χ1v) is 7.41. The van der Waals surface area contributed by atoms with Crippen LogP contribution in [0.25, 0.3) is 0 Å². The Bertz CT molecular complexity index is 643. The van der Waals surface area contributed by atoms with E-state index >= 15 is 0 Å². The maximum Gasteiger partial charge on any atom is 0.407 e. The Labute approximate surface area is 135 Å². The van der Waals surface area contributed by atoms with E-state index in [0.29, 0.717) is 12.2 Å². The fourth-order valence-corrected chi connectivity index (χ4v) is 2.23. The number of amides is 1. The number of phenols is 1. The fraction of sp³-hybridized carbons (Fsp3) is 0.278. The molecule has 2 aromatic rings. The van der Waals surface area contributed by atoms with E-state index in [1.54, 1.807) is 12.1 Å². The van der Waals surface area contributed by atoms with Crippen LogP contribution in [0.2, 0.25) is 0 Å². The first-order valence-electron chi connectivity index (χ1n) is 7.41. The van der Waals surface area contributed by atoms with E-state index in [-0.39, 0.29) is 18.4 Å². The Morgan fingerprint density at radius 2 is 1.91 bits per heavy atom. The minimum absolute atomic E-state index is 0.0869. The van der Waals surface area contributed by atoms with Gasteiger partial charge in [0.15, 0.2) is 11.5 Å². The van der Waals surface area contributed by atoms with Crippen LogP contribution < -0.4 is 10.1 Å². The highest BCUT2D eigenvalue weighted by Crippen LogP contribution is 2.26. The molecule has 1 amide bonds. The summed E-state index contributed by atoms with van der Waals surface area (Å²) in [7, 11) is 1.50. The molecule has 2 rings (SSSR count). The monoisotopic (exact) mass is 315 g/mol. The highest BCUT2D eigenvalue weighted by molar-refractivity contribution is 5.67. The fourth-order valence-electron chi connectivity index (χ4n) is 2.23. The summed E-state index contributed by atoms with van der Waals surface area (Å²) in [6.07, 6.45) is 0.122. The van der Waals surface area contributed by atoms with E-state index in [9.17, 15) is 9.90 Å². The molecule has 0 aromatic heterocycles. The lowest BCUT2D eigenvalue weighted by atomic mass is 10.1. The second-order valence-corrected chi connectivity index (χ2v) is 5.32. The standard InChI is InChI=1S/C18H21NO4/c1-13(10-15-8-9-17(22-2)16(20)11-15)19-18(21)23-12-14-6-4-3-5-7-14/h3-9,11,13,20H,10,12H2,1-2H3,(H,19,21). The Balaban J connectivity index is 1.80. The lowest BCUT2D eigenvalue weighted by Gasteiger charge is -2.15. The zero-order chi connectivity index (χ0) is 16.7. The van der Waals surface area contributed by atoms with Gasteiger partial charge in [-0.3, -0.25) is 0 Å². The lowest BCUT2D eigenvalue weighted by Crippen LogP contribution is -2.34. The number of aromatic hydroxyl groups is 1. The number of carbonyl (C=O) groups excluding carboxylic acids is 1. The summed E-state index contributed by atoms with van der Waals surface area (Å²) in [5.74, 6) is 0.514. The Hall–Kier alpha value is -2.69. The van der Waals surface area contributed by atoms with Crippen molar-refractivity contribution in [1.82, 2.24) is 5.32 Å². The van der Waals surface area contributed by atoms with Gasteiger partial charge < -0.3 is 19.9 Å². The van der Waals surface area contributed by atoms with Crippen LogP contribution in [0.3, 0.4) is 0 Å². The van der Waals surface area contributed by atoms with Gasteiger partial charge in [-0.15, -0.1) is 0 Å². The van der Waals surface area contributed by atoms with Crippen molar-refractivity contribution in [2.45, 2.75) is 26.0 Å². The van der Waals surface area contributed by atoms with E-state index in [1.807, 2.05) is 43.3 Å². The number of phenolic OH excluding ortho intramolecular Hbond substituents is 1. The number of hydrogen-bond acceptors (Lipinski definition) is 4. The summed E-state index contributed by atoms with van der Waals surface area (Å²) in [6.45, 7) is 2.12. The van der Waals surface area contributed by atoms with E-state index in [2.05, 4.69) is 5.32 Å². The van der Waals surface area contributed by atoms with Crippen LogP contribution in [0.1, 0.15) is 18.1 Å². The topological polar surface area (TPSA) is 67.8 Å². The molecule has 0 saturated carbocycles. The van der Waals surface area contributed by atoms with Crippen molar-refractivity contribution in [3.05, 3.63) is 59.7 Å². The first kappa shape index (κ1) is 16.7. The molecule has 0 saturated heterocycles. The van der Waals surface area contributed by atoms with Crippen LogP contribution >= 0.6 is 0 Å². The van der Waals surface area contributed by atoms with Gasteiger partial charge in [-0.25, -0.2) is 4.79 Å². The van der Waals surface area contributed by atoms with Gasteiger partial charge in [-0.2, -0.15) is 0 Å². The first-order chi connectivity index (χ1) is 11.1. The molecule has 0 aliphatic heterocycles. The van der Waals surface area contributed by atoms with Gasteiger partial charge >= 0.3 is 6.09 Å².